The highest BCUT2D eigenvalue weighted by atomic mass is 16.6. The Labute approximate surface area is 130 Å². The largest absolute Gasteiger partial charge is 0.454 e. The maximum atomic E-state index is 12.2. The Morgan fingerprint density at radius 2 is 2.22 bits per heavy atom. The summed E-state index contributed by atoms with van der Waals surface area (Å²) in [4.78, 5) is 38.8. The van der Waals surface area contributed by atoms with Crippen LogP contribution in [-0.2, 0) is 23.8 Å². The van der Waals surface area contributed by atoms with Gasteiger partial charge in [-0.1, -0.05) is 0 Å². The molecule has 0 aromatic carbocycles. The Kier molecular flexibility index (Phi) is 2.71. The number of carbonyl (C=O) groups is 3. The number of esters is 3. The maximum Gasteiger partial charge on any atom is 0.355 e. The number of aromatic amines is 1. The van der Waals surface area contributed by atoms with Gasteiger partial charge in [-0.25, -0.2) is 9.59 Å². The molecule has 1 saturated carbocycles. The van der Waals surface area contributed by atoms with Gasteiger partial charge in [0.25, 0.3) is 0 Å². The smallest absolute Gasteiger partial charge is 0.355 e. The summed E-state index contributed by atoms with van der Waals surface area (Å²) in [5, 5.41) is 10.8. The number of rotatable bonds is 2. The Balaban J connectivity index is 1.70. The molecule has 1 saturated heterocycles. The van der Waals surface area contributed by atoms with Crippen LogP contribution in [0.1, 0.15) is 17.4 Å². The molecule has 0 radical (unpaired) electrons. The Hall–Kier alpha value is -2.61. The van der Waals surface area contributed by atoms with E-state index in [1.165, 1.54) is 13.0 Å². The molecule has 1 aromatic heterocycles. The molecule has 3 aliphatic rings. The highest BCUT2D eigenvalue weighted by Crippen LogP contribution is 2.52. The van der Waals surface area contributed by atoms with Crippen molar-refractivity contribution in [1.29, 1.82) is 0 Å². The van der Waals surface area contributed by atoms with Crippen LogP contribution in [0.25, 0.3) is 0 Å². The van der Waals surface area contributed by atoms with Gasteiger partial charge in [-0.3, -0.25) is 4.79 Å². The number of carbonyl (C=O) groups excluding carboxylic acids is 3. The van der Waals surface area contributed by atoms with Gasteiger partial charge in [-0.05, 0) is 19.1 Å². The fourth-order valence-corrected chi connectivity index (χ4v) is 3.60. The van der Waals surface area contributed by atoms with E-state index in [9.17, 15) is 19.5 Å². The molecule has 2 N–H and O–H groups in total. The molecule has 23 heavy (non-hydrogen) atoms. The minimum Gasteiger partial charge on any atom is -0.454 e. The number of nitrogens with one attached hydrogen (secondary N) is 1. The van der Waals surface area contributed by atoms with Crippen LogP contribution < -0.4 is 0 Å². The molecule has 8 heteroatoms. The number of H-pyrrole nitrogens is 1. The molecule has 0 amide bonds. The molecule has 0 spiro atoms. The van der Waals surface area contributed by atoms with Gasteiger partial charge in [-0.15, -0.1) is 0 Å². The summed E-state index contributed by atoms with van der Waals surface area (Å²) >= 11 is 0. The molecule has 0 unspecified atom stereocenters. The predicted octanol–water partition coefficient (Wildman–Crippen LogP) is -0.0968. The van der Waals surface area contributed by atoms with Crippen molar-refractivity contribution in [3.8, 4) is 0 Å². The summed E-state index contributed by atoms with van der Waals surface area (Å²) < 4.78 is 15.4. The number of ether oxygens (including phenoxy) is 3. The Morgan fingerprint density at radius 1 is 1.43 bits per heavy atom. The molecule has 120 valence electrons. The summed E-state index contributed by atoms with van der Waals surface area (Å²) in [5.41, 5.74) is -1.34. The standard InChI is InChI=1S/C15H13NO7/c1-15(20)9-8-6(5-21-14(9)19)12(17)22-10(8)11(15)23-13(18)7-3-2-4-16-7/h2-5,8-11,16,20H,1H3/t8-,9-,10+,11+,15-/m1/s1. The first-order chi connectivity index (χ1) is 10.9. The number of aliphatic hydroxyl groups is 1. The van der Waals surface area contributed by atoms with Crippen LogP contribution in [0.2, 0.25) is 0 Å². The molecule has 1 aliphatic carbocycles. The number of hydrogen-bond donors (Lipinski definition) is 2. The second-order valence-electron chi connectivity index (χ2n) is 6.02. The third-order valence-electron chi connectivity index (χ3n) is 4.66. The van der Waals surface area contributed by atoms with Gasteiger partial charge < -0.3 is 24.3 Å². The first-order valence-electron chi connectivity index (χ1n) is 7.09. The monoisotopic (exact) mass is 319 g/mol. The molecule has 1 aromatic rings. The summed E-state index contributed by atoms with van der Waals surface area (Å²) in [5.74, 6) is -3.72. The van der Waals surface area contributed by atoms with Crippen molar-refractivity contribution in [3.63, 3.8) is 0 Å². The van der Waals surface area contributed by atoms with Gasteiger partial charge in [0.05, 0.1) is 11.5 Å². The lowest BCUT2D eigenvalue weighted by molar-refractivity contribution is -0.162. The summed E-state index contributed by atoms with van der Waals surface area (Å²) in [6.45, 7) is 1.38. The van der Waals surface area contributed by atoms with Crippen LogP contribution in [0.4, 0.5) is 0 Å². The molecule has 4 rings (SSSR count). The number of aromatic nitrogens is 1. The zero-order chi connectivity index (χ0) is 16.4. The lowest BCUT2D eigenvalue weighted by Crippen LogP contribution is -2.49. The van der Waals surface area contributed by atoms with Crippen molar-refractivity contribution in [2.24, 2.45) is 11.8 Å². The van der Waals surface area contributed by atoms with Crippen molar-refractivity contribution in [1.82, 2.24) is 4.98 Å². The van der Waals surface area contributed by atoms with Crippen LogP contribution in [0.15, 0.2) is 30.2 Å². The number of cyclic esters (lactones) is 1. The average Bonchev–Trinajstić information content (AvgIpc) is 3.16. The lowest BCUT2D eigenvalue weighted by atomic mass is 9.82. The van der Waals surface area contributed by atoms with E-state index in [4.69, 9.17) is 14.2 Å². The average molecular weight is 319 g/mol. The molecule has 3 heterocycles. The van der Waals surface area contributed by atoms with Crippen LogP contribution in [0.5, 0.6) is 0 Å². The SMILES string of the molecule is C[C@]1(O)[C@@H](OC(=O)c2ccc[nH]2)[C@H]2OC(=O)C3=COC(=O)[C@H]1[C@@H]32. The third-order valence-corrected chi connectivity index (χ3v) is 4.66. The zero-order valence-electron chi connectivity index (χ0n) is 12.0. The Morgan fingerprint density at radius 3 is 2.91 bits per heavy atom. The molecule has 2 fully saturated rings. The van der Waals surface area contributed by atoms with Crippen molar-refractivity contribution in [2.75, 3.05) is 0 Å². The fourth-order valence-electron chi connectivity index (χ4n) is 3.60. The normalized spacial score (nSPS) is 37.7. The maximum absolute atomic E-state index is 12.2. The Bertz CT molecular complexity index is 733. The van der Waals surface area contributed by atoms with E-state index in [0.29, 0.717) is 0 Å². The van der Waals surface area contributed by atoms with E-state index in [2.05, 4.69) is 4.98 Å². The summed E-state index contributed by atoms with van der Waals surface area (Å²) in [6, 6.07) is 3.14. The lowest BCUT2D eigenvalue weighted by Gasteiger charge is -2.32. The highest BCUT2D eigenvalue weighted by molar-refractivity contribution is 5.96. The van der Waals surface area contributed by atoms with Gasteiger partial charge in [0.1, 0.15) is 29.6 Å². The quantitative estimate of drug-likeness (QED) is 0.578. The zero-order valence-corrected chi connectivity index (χ0v) is 12.0. The molecular formula is C15H13NO7. The van der Waals surface area contributed by atoms with E-state index in [-0.39, 0.29) is 11.3 Å². The minimum absolute atomic E-state index is 0.179. The van der Waals surface area contributed by atoms with Crippen molar-refractivity contribution >= 4 is 17.9 Å². The van der Waals surface area contributed by atoms with E-state index >= 15 is 0 Å². The van der Waals surface area contributed by atoms with Crippen LogP contribution in [-0.4, -0.2) is 45.8 Å². The van der Waals surface area contributed by atoms with E-state index in [1.54, 1.807) is 12.3 Å². The topological polar surface area (TPSA) is 115 Å². The van der Waals surface area contributed by atoms with E-state index in [0.717, 1.165) is 6.26 Å². The van der Waals surface area contributed by atoms with Crippen LogP contribution in [0.3, 0.4) is 0 Å². The van der Waals surface area contributed by atoms with Gasteiger partial charge >= 0.3 is 17.9 Å². The second-order valence-corrected chi connectivity index (χ2v) is 6.02. The van der Waals surface area contributed by atoms with Crippen LogP contribution in [0, 0.1) is 11.8 Å². The summed E-state index contributed by atoms with van der Waals surface area (Å²) in [6.07, 6.45) is 0.517. The molecule has 2 aliphatic heterocycles. The van der Waals surface area contributed by atoms with Gasteiger partial charge in [-0.2, -0.15) is 0 Å². The molecule has 8 nitrogen and oxygen atoms in total. The van der Waals surface area contributed by atoms with Crippen molar-refractivity contribution in [2.45, 2.75) is 24.7 Å². The van der Waals surface area contributed by atoms with Crippen molar-refractivity contribution in [3.05, 3.63) is 35.9 Å². The first kappa shape index (κ1) is 14.0. The van der Waals surface area contributed by atoms with E-state index in [1.807, 2.05) is 0 Å². The molecule has 0 bridgehead atoms. The second kappa shape index (κ2) is 4.45. The van der Waals surface area contributed by atoms with Crippen LogP contribution >= 0.6 is 0 Å². The highest BCUT2D eigenvalue weighted by Gasteiger charge is 2.70. The summed E-state index contributed by atoms with van der Waals surface area (Å²) in [7, 11) is 0. The number of hydrogen-bond acceptors (Lipinski definition) is 7. The van der Waals surface area contributed by atoms with Gasteiger partial charge in [0, 0.05) is 6.20 Å². The minimum atomic E-state index is -1.71. The van der Waals surface area contributed by atoms with E-state index < -0.39 is 47.6 Å². The fraction of sp³-hybridized carbons (Fsp3) is 0.400. The van der Waals surface area contributed by atoms with Crippen molar-refractivity contribution < 1.29 is 33.7 Å². The first-order valence-corrected chi connectivity index (χ1v) is 7.09. The molecule has 5 atom stereocenters. The third kappa shape index (κ3) is 1.78. The molecular weight excluding hydrogens is 306 g/mol. The predicted molar refractivity (Wildman–Crippen MR) is 71.7 cm³/mol. The van der Waals surface area contributed by atoms with Gasteiger partial charge in [0.15, 0.2) is 6.10 Å². The van der Waals surface area contributed by atoms with Gasteiger partial charge in [0.2, 0.25) is 0 Å².